The summed E-state index contributed by atoms with van der Waals surface area (Å²) in [6.07, 6.45) is 2.56. The van der Waals surface area contributed by atoms with Gasteiger partial charge in [0.05, 0.1) is 28.4 Å². The number of alkyl halides is 3. The number of hydrogen-bond acceptors (Lipinski definition) is 4. The number of imidazole rings is 1. The zero-order valence-electron chi connectivity index (χ0n) is 17.6. The van der Waals surface area contributed by atoms with E-state index < -0.39 is 17.4 Å². The molecule has 5 rings (SSSR count). The van der Waals surface area contributed by atoms with E-state index in [-0.39, 0.29) is 11.4 Å². The van der Waals surface area contributed by atoms with E-state index in [1.165, 1.54) is 24.5 Å². The van der Waals surface area contributed by atoms with Gasteiger partial charge in [0.1, 0.15) is 12.2 Å². The van der Waals surface area contributed by atoms with Crippen LogP contribution in [0.25, 0.3) is 11.2 Å². The summed E-state index contributed by atoms with van der Waals surface area (Å²) in [4.78, 5) is 13.0. The minimum atomic E-state index is -4.61. The Hall–Kier alpha value is -3.87. The Kier molecular flexibility index (Phi) is 4.85. The van der Waals surface area contributed by atoms with E-state index in [1.807, 2.05) is 11.6 Å². The molecule has 1 fully saturated rings. The molecule has 7 nitrogen and oxygen atoms in total. The molecule has 0 N–H and O–H groups in total. The maximum Gasteiger partial charge on any atom is 0.418 e. The summed E-state index contributed by atoms with van der Waals surface area (Å²) < 4.78 is 44.4. The van der Waals surface area contributed by atoms with Crippen LogP contribution in [0, 0.1) is 17.2 Å². The van der Waals surface area contributed by atoms with Gasteiger partial charge in [-0.2, -0.15) is 18.4 Å². The van der Waals surface area contributed by atoms with E-state index in [9.17, 15) is 23.2 Å². The highest BCUT2D eigenvalue weighted by molar-refractivity contribution is 5.57. The van der Waals surface area contributed by atoms with Crippen LogP contribution in [0.1, 0.15) is 47.7 Å². The molecular formula is C23H19F3N6O. The highest BCUT2D eigenvalue weighted by Crippen LogP contribution is 2.43. The second kappa shape index (κ2) is 7.62. The van der Waals surface area contributed by atoms with Gasteiger partial charge >= 0.3 is 11.9 Å². The van der Waals surface area contributed by atoms with Crippen LogP contribution in [0.2, 0.25) is 0 Å². The Labute approximate surface area is 186 Å². The number of hydrogen-bond donors (Lipinski definition) is 0. The summed E-state index contributed by atoms with van der Waals surface area (Å²) in [5.74, 6) is 0.905. The second-order valence-corrected chi connectivity index (χ2v) is 8.35. The Bertz CT molecular complexity index is 1450. The first-order valence-corrected chi connectivity index (χ1v) is 10.5. The number of nitriles is 1. The molecule has 1 aromatic carbocycles. The van der Waals surface area contributed by atoms with Crippen molar-refractivity contribution in [2.45, 2.75) is 31.4 Å². The molecule has 4 aromatic rings. The van der Waals surface area contributed by atoms with Crippen LogP contribution in [-0.2, 0) is 13.2 Å². The van der Waals surface area contributed by atoms with Crippen molar-refractivity contribution in [1.29, 1.82) is 5.26 Å². The van der Waals surface area contributed by atoms with Gasteiger partial charge in [-0.15, -0.1) is 10.2 Å². The van der Waals surface area contributed by atoms with Crippen molar-refractivity contribution in [3.8, 4) is 11.8 Å². The third-order valence-electron chi connectivity index (χ3n) is 6.35. The van der Waals surface area contributed by atoms with Crippen molar-refractivity contribution in [1.82, 2.24) is 23.7 Å². The summed E-state index contributed by atoms with van der Waals surface area (Å²) >= 11 is 0. The highest BCUT2D eigenvalue weighted by Gasteiger charge is 2.35. The third-order valence-corrected chi connectivity index (χ3v) is 6.35. The van der Waals surface area contributed by atoms with Crippen molar-refractivity contribution in [3.05, 3.63) is 82.1 Å². The van der Waals surface area contributed by atoms with E-state index in [0.29, 0.717) is 17.2 Å². The number of nitrogens with zero attached hydrogens (tertiary/aromatic N) is 6. The molecule has 168 valence electrons. The van der Waals surface area contributed by atoms with Crippen LogP contribution in [0.3, 0.4) is 0 Å². The van der Waals surface area contributed by atoms with Crippen molar-refractivity contribution < 1.29 is 13.2 Å². The number of rotatable bonds is 4. The lowest BCUT2D eigenvalue weighted by Crippen LogP contribution is -2.24. The molecule has 0 amide bonds. The number of pyridine rings is 1. The van der Waals surface area contributed by atoms with E-state index in [4.69, 9.17) is 0 Å². The van der Waals surface area contributed by atoms with Gasteiger partial charge in [-0.25, -0.2) is 4.79 Å². The lowest BCUT2D eigenvalue weighted by Gasteiger charge is -2.33. The molecular weight excluding hydrogens is 433 g/mol. The van der Waals surface area contributed by atoms with Crippen molar-refractivity contribution in [3.63, 3.8) is 0 Å². The number of halogens is 3. The van der Waals surface area contributed by atoms with Gasteiger partial charge in [-0.3, -0.25) is 8.97 Å². The Morgan fingerprint density at radius 1 is 1.24 bits per heavy atom. The van der Waals surface area contributed by atoms with Crippen LogP contribution in [0.4, 0.5) is 13.2 Å². The molecule has 0 unspecified atom stereocenters. The number of fused-ring (bicyclic) bond motifs is 1. The van der Waals surface area contributed by atoms with E-state index in [1.54, 1.807) is 18.5 Å². The molecule has 1 aliphatic rings. The van der Waals surface area contributed by atoms with Crippen LogP contribution < -0.4 is 5.69 Å². The zero-order valence-corrected chi connectivity index (χ0v) is 17.6. The number of aromatic nitrogens is 5. The lowest BCUT2D eigenvalue weighted by atomic mass is 9.72. The van der Waals surface area contributed by atoms with Crippen molar-refractivity contribution in [2.75, 3.05) is 0 Å². The largest absolute Gasteiger partial charge is 0.418 e. The first kappa shape index (κ1) is 21.0. The third kappa shape index (κ3) is 3.50. The minimum absolute atomic E-state index is 0.142. The summed E-state index contributed by atoms with van der Waals surface area (Å²) in [6, 6.07) is 9.26. The Balaban J connectivity index is 1.71. The molecule has 0 spiro atoms. The number of aryl methyl sites for hydroxylation is 1. The van der Waals surface area contributed by atoms with Gasteiger partial charge in [-0.1, -0.05) is 6.42 Å². The van der Waals surface area contributed by atoms with E-state index >= 15 is 0 Å². The molecule has 1 atom stereocenters. The first-order valence-electron chi connectivity index (χ1n) is 10.5. The smallest absolute Gasteiger partial charge is 0.320 e. The molecule has 33 heavy (non-hydrogen) atoms. The molecule has 3 aromatic heterocycles. The normalized spacial score (nSPS) is 15.4. The number of benzene rings is 1. The lowest BCUT2D eigenvalue weighted by molar-refractivity contribution is -0.136. The van der Waals surface area contributed by atoms with Gasteiger partial charge in [-0.05, 0) is 54.7 Å². The molecule has 1 saturated carbocycles. The fourth-order valence-corrected chi connectivity index (χ4v) is 4.53. The highest BCUT2D eigenvalue weighted by atomic mass is 19.4. The molecule has 0 aliphatic heterocycles. The predicted octanol–water partition coefficient (Wildman–Crippen LogP) is 4.04. The van der Waals surface area contributed by atoms with Crippen LogP contribution in [0.5, 0.6) is 0 Å². The predicted molar refractivity (Wildman–Crippen MR) is 113 cm³/mol. The minimum Gasteiger partial charge on any atom is -0.320 e. The SMILES string of the molecule is Cn1cnnc1[C@@H](c1cc(C#N)cc(-n2cc3c(C(F)(F)F)cccn3c2=O)c1)C1CCC1. The van der Waals surface area contributed by atoms with Crippen LogP contribution in [0.15, 0.2) is 53.8 Å². The van der Waals surface area contributed by atoms with Crippen LogP contribution >= 0.6 is 0 Å². The van der Waals surface area contributed by atoms with E-state index in [2.05, 4.69) is 16.3 Å². The van der Waals surface area contributed by atoms with E-state index in [0.717, 1.165) is 45.7 Å². The summed E-state index contributed by atoms with van der Waals surface area (Å²) in [7, 11) is 1.85. The van der Waals surface area contributed by atoms with Gasteiger partial charge < -0.3 is 4.57 Å². The zero-order chi connectivity index (χ0) is 23.3. The Morgan fingerprint density at radius 2 is 2.03 bits per heavy atom. The van der Waals surface area contributed by atoms with Crippen molar-refractivity contribution >= 4 is 5.52 Å². The molecule has 0 radical (unpaired) electrons. The van der Waals surface area contributed by atoms with Crippen molar-refractivity contribution in [2.24, 2.45) is 13.0 Å². The monoisotopic (exact) mass is 452 g/mol. The van der Waals surface area contributed by atoms with Gasteiger partial charge in [0.25, 0.3) is 0 Å². The summed E-state index contributed by atoms with van der Waals surface area (Å²) in [6.45, 7) is 0. The van der Waals surface area contributed by atoms with Gasteiger partial charge in [0, 0.05) is 25.4 Å². The molecule has 10 heteroatoms. The summed E-state index contributed by atoms with van der Waals surface area (Å²) in [5, 5.41) is 17.9. The topological polar surface area (TPSA) is 80.9 Å². The summed E-state index contributed by atoms with van der Waals surface area (Å²) in [5.41, 5.74) is -0.365. The maximum absolute atomic E-state index is 13.5. The van der Waals surface area contributed by atoms with Gasteiger partial charge in [0.2, 0.25) is 0 Å². The Morgan fingerprint density at radius 3 is 2.64 bits per heavy atom. The first-order chi connectivity index (χ1) is 15.8. The second-order valence-electron chi connectivity index (χ2n) is 8.35. The fourth-order valence-electron chi connectivity index (χ4n) is 4.53. The quantitative estimate of drug-likeness (QED) is 0.468. The average Bonchev–Trinajstić information content (AvgIpc) is 3.32. The standard InChI is InChI=1S/C23H19F3N6O/c1-30-13-28-29-21(30)20(15-4-2-5-15)16-8-14(11-27)9-17(10-16)32-12-19-18(23(24,25)26)6-3-7-31(19)22(32)33/h3,6-10,12-13,15,20H,2,4-5H2,1H3/t20-/m1/s1. The average molecular weight is 452 g/mol. The van der Waals surface area contributed by atoms with Gasteiger partial charge in [0.15, 0.2) is 0 Å². The van der Waals surface area contributed by atoms with Crippen LogP contribution in [-0.4, -0.2) is 23.7 Å². The maximum atomic E-state index is 13.5. The fraction of sp³-hybridized carbons (Fsp3) is 0.304. The molecule has 0 saturated heterocycles. The molecule has 3 heterocycles. The molecule has 1 aliphatic carbocycles. The molecule has 0 bridgehead atoms.